The van der Waals surface area contributed by atoms with Gasteiger partial charge in [0.25, 0.3) is 5.91 Å². The average Bonchev–Trinajstić information content (AvgIpc) is 3.00. The smallest absolute Gasteiger partial charge is 0.374 e. The van der Waals surface area contributed by atoms with Crippen LogP contribution in [0.25, 0.3) is 0 Å². The number of benzene rings is 1. The molecule has 7 heteroatoms. The molecule has 132 valence electrons. The number of hydrogen-bond acceptors (Lipinski definition) is 6. The summed E-state index contributed by atoms with van der Waals surface area (Å²) in [6, 6.07) is 9.31. The van der Waals surface area contributed by atoms with Crippen molar-refractivity contribution in [2.75, 3.05) is 7.11 Å². The van der Waals surface area contributed by atoms with Gasteiger partial charge >= 0.3 is 11.9 Å². The van der Waals surface area contributed by atoms with Crippen LogP contribution in [0.4, 0.5) is 0 Å². The monoisotopic (exact) mass is 345 g/mol. The van der Waals surface area contributed by atoms with Gasteiger partial charge in [0.2, 0.25) is 5.76 Å². The van der Waals surface area contributed by atoms with Crippen molar-refractivity contribution >= 4 is 17.8 Å². The Kier molecular flexibility index (Phi) is 5.94. The van der Waals surface area contributed by atoms with Crippen LogP contribution < -0.4 is 5.32 Å². The molecule has 0 aliphatic carbocycles. The van der Waals surface area contributed by atoms with Gasteiger partial charge in [0.15, 0.2) is 0 Å². The van der Waals surface area contributed by atoms with E-state index in [1.54, 1.807) is 43.3 Å². The number of methoxy groups -OCH3 is 1. The summed E-state index contributed by atoms with van der Waals surface area (Å²) in [6.07, 6.45) is 0. The largest absolute Gasteiger partial charge is 0.463 e. The molecule has 0 radical (unpaired) electrons. The normalized spacial score (nSPS) is 11.5. The summed E-state index contributed by atoms with van der Waals surface area (Å²) in [5.41, 5.74) is 1.04. The molecule has 0 aliphatic rings. The van der Waals surface area contributed by atoms with E-state index in [2.05, 4.69) is 10.1 Å². The van der Waals surface area contributed by atoms with Gasteiger partial charge in [-0.1, -0.05) is 18.2 Å². The number of rotatable bonds is 6. The number of aryl methyl sites for hydroxylation is 1. The fourth-order valence-corrected chi connectivity index (χ4v) is 2.11. The van der Waals surface area contributed by atoms with Crippen molar-refractivity contribution in [1.29, 1.82) is 0 Å². The number of carbonyl (C=O) groups is 3. The second-order valence-electron chi connectivity index (χ2n) is 5.39. The third-order valence-corrected chi connectivity index (χ3v) is 3.43. The van der Waals surface area contributed by atoms with Crippen LogP contribution in [0.15, 0.2) is 40.8 Å². The first-order chi connectivity index (χ1) is 11.9. The predicted octanol–water partition coefficient (Wildman–Crippen LogP) is 2.24. The highest BCUT2D eigenvalue weighted by atomic mass is 16.6. The van der Waals surface area contributed by atoms with Crippen molar-refractivity contribution in [3.63, 3.8) is 0 Å². The second kappa shape index (κ2) is 8.14. The Morgan fingerprint density at radius 1 is 1.20 bits per heavy atom. The fraction of sp³-hybridized carbons (Fsp3) is 0.278. The fourth-order valence-electron chi connectivity index (χ4n) is 2.11. The van der Waals surface area contributed by atoms with Gasteiger partial charge in [-0.05, 0) is 32.0 Å². The molecular formula is C18H19NO6. The molecular weight excluding hydrogens is 326 g/mol. The van der Waals surface area contributed by atoms with Gasteiger partial charge in [-0.3, -0.25) is 4.79 Å². The third-order valence-electron chi connectivity index (χ3n) is 3.43. The number of esters is 2. The molecule has 0 spiro atoms. The molecule has 2 aromatic rings. The van der Waals surface area contributed by atoms with Gasteiger partial charge in [0, 0.05) is 11.1 Å². The van der Waals surface area contributed by atoms with E-state index in [0.29, 0.717) is 16.9 Å². The van der Waals surface area contributed by atoms with Crippen LogP contribution in [0, 0.1) is 6.92 Å². The Balaban J connectivity index is 1.89. The molecule has 25 heavy (non-hydrogen) atoms. The standard InChI is InChI=1S/C18H19NO6/c1-11-9-14(25-15(11)18(22)23-3)10-24-17(21)12(2)19-16(20)13-7-5-4-6-8-13/h4-9,12H,10H2,1-3H3,(H,19,20)/t12-/m0/s1. The van der Waals surface area contributed by atoms with Crippen LogP contribution in [0.2, 0.25) is 0 Å². The van der Waals surface area contributed by atoms with Gasteiger partial charge < -0.3 is 19.2 Å². The van der Waals surface area contributed by atoms with Gasteiger partial charge in [0.05, 0.1) is 7.11 Å². The number of nitrogens with one attached hydrogen (secondary N) is 1. The van der Waals surface area contributed by atoms with Crippen LogP contribution in [-0.2, 0) is 20.9 Å². The predicted molar refractivity (Wildman–Crippen MR) is 88.0 cm³/mol. The van der Waals surface area contributed by atoms with Crippen molar-refractivity contribution in [3.8, 4) is 0 Å². The summed E-state index contributed by atoms with van der Waals surface area (Å²) in [6.45, 7) is 3.06. The Morgan fingerprint density at radius 3 is 2.52 bits per heavy atom. The van der Waals surface area contributed by atoms with Crippen LogP contribution >= 0.6 is 0 Å². The Hall–Kier alpha value is -3.09. The molecule has 1 aromatic heterocycles. The maximum atomic E-state index is 12.0. The topological polar surface area (TPSA) is 94.8 Å². The summed E-state index contributed by atoms with van der Waals surface area (Å²) in [4.78, 5) is 35.5. The molecule has 1 aromatic carbocycles. The summed E-state index contributed by atoms with van der Waals surface area (Å²) in [5, 5.41) is 2.56. The molecule has 0 bridgehead atoms. The first-order valence-electron chi connectivity index (χ1n) is 7.62. The molecule has 0 saturated heterocycles. The second-order valence-corrected chi connectivity index (χ2v) is 5.39. The van der Waals surface area contributed by atoms with Gasteiger partial charge in [-0.25, -0.2) is 9.59 Å². The van der Waals surface area contributed by atoms with Gasteiger partial charge in [-0.15, -0.1) is 0 Å². The lowest BCUT2D eigenvalue weighted by atomic mass is 10.2. The Morgan fingerprint density at radius 2 is 1.88 bits per heavy atom. The first-order valence-corrected chi connectivity index (χ1v) is 7.62. The lowest BCUT2D eigenvalue weighted by molar-refractivity contribution is -0.147. The summed E-state index contributed by atoms with van der Waals surface area (Å²) in [5.74, 6) is -1.20. The molecule has 0 aliphatic heterocycles. The summed E-state index contributed by atoms with van der Waals surface area (Å²) < 4.78 is 15.0. The maximum absolute atomic E-state index is 12.0. The molecule has 7 nitrogen and oxygen atoms in total. The number of carbonyl (C=O) groups excluding carboxylic acids is 3. The van der Waals surface area contributed by atoms with Crippen molar-refractivity contribution in [1.82, 2.24) is 5.32 Å². The highest BCUT2D eigenvalue weighted by Crippen LogP contribution is 2.16. The molecule has 2 rings (SSSR count). The Bertz CT molecular complexity index is 765. The van der Waals surface area contributed by atoms with E-state index < -0.39 is 18.0 Å². The maximum Gasteiger partial charge on any atom is 0.374 e. The van der Waals surface area contributed by atoms with Crippen LogP contribution in [0.3, 0.4) is 0 Å². The third kappa shape index (κ3) is 4.69. The Labute approximate surface area is 144 Å². The molecule has 0 unspecified atom stereocenters. The number of ether oxygens (including phenoxy) is 2. The van der Waals surface area contributed by atoms with Crippen molar-refractivity contribution in [2.24, 2.45) is 0 Å². The van der Waals surface area contributed by atoms with E-state index >= 15 is 0 Å². The molecule has 0 saturated carbocycles. The van der Waals surface area contributed by atoms with Crippen LogP contribution in [-0.4, -0.2) is 31.0 Å². The molecule has 1 heterocycles. The van der Waals surface area contributed by atoms with E-state index in [-0.39, 0.29) is 18.3 Å². The minimum Gasteiger partial charge on any atom is -0.463 e. The van der Waals surface area contributed by atoms with Crippen molar-refractivity contribution < 1.29 is 28.3 Å². The number of furan rings is 1. The molecule has 0 fully saturated rings. The average molecular weight is 345 g/mol. The summed E-state index contributed by atoms with van der Waals surface area (Å²) in [7, 11) is 1.25. The number of hydrogen-bond donors (Lipinski definition) is 1. The summed E-state index contributed by atoms with van der Waals surface area (Å²) >= 11 is 0. The lowest BCUT2D eigenvalue weighted by Gasteiger charge is -2.12. The van der Waals surface area contributed by atoms with E-state index in [0.717, 1.165) is 0 Å². The van der Waals surface area contributed by atoms with E-state index in [9.17, 15) is 14.4 Å². The highest BCUT2D eigenvalue weighted by Gasteiger charge is 2.20. The van der Waals surface area contributed by atoms with Gasteiger partial charge in [-0.2, -0.15) is 0 Å². The van der Waals surface area contributed by atoms with Crippen LogP contribution in [0.5, 0.6) is 0 Å². The van der Waals surface area contributed by atoms with Gasteiger partial charge in [0.1, 0.15) is 18.4 Å². The van der Waals surface area contributed by atoms with E-state index in [4.69, 9.17) is 9.15 Å². The number of amides is 1. The van der Waals surface area contributed by atoms with Crippen molar-refractivity contribution in [3.05, 3.63) is 59.0 Å². The zero-order valence-corrected chi connectivity index (χ0v) is 14.2. The van der Waals surface area contributed by atoms with Crippen LogP contribution in [0.1, 0.15) is 39.2 Å². The molecule has 1 N–H and O–H groups in total. The lowest BCUT2D eigenvalue weighted by Crippen LogP contribution is -2.39. The SMILES string of the molecule is COC(=O)c1oc(COC(=O)[C@H](C)NC(=O)c2ccccc2)cc1C. The van der Waals surface area contributed by atoms with E-state index in [1.807, 2.05) is 0 Å². The van der Waals surface area contributed by atoms with Crippen molar-refractivity contribution in [2.45, 2.75) is 26.5 Å². The molecule has 1 amide bonds. The first kappa shape index (κ1) is 18.3. The minimum absolute atomic E-state index is 0.0685. The zero-order valence-electron chi connectivity index (χ0n) is 14.2. The highest BCUT2D eigenvalue weighted by molar-refractivity contribution is 5.96. The zero-order chi connectivity index (χ0) is 18.4. The quantitative estimate of drug-likeness (QED) is 0.807. The van der Waals surface area contributed by atoms with E-state index in [1.165, 1.54) is 14.0 Å². The minimum atomic E-state index is -0.830. The molecule has 1 atom stereocenters.